The lowest BCUT2D eigenvalue weighted by Crippen LogP contribution is -2.59. The number of benzene rings is 1. The Balaban J connectivity index is 2.12. The molecule has 1 N–H and O–H groups in total. The van der Waals surface area contributed by atoms with Crippen molar-refractivity contribution >= 4 is 0 Å². The molecule has 0 aliphatic carbocycles. The van der Waals surface area contributed by atoms with E-state index in [4.69, 9.17) is 4.74 Å². The molecule has 94 valence electrons. The Morgan fingerprint density at radius 2 is 2.06 bits per heavy atom. The zero-order valence-corrected chi connectivity index (χ0v) is 11.1. The quantitative estimate of drug-likeness (QED) is 0.844. The van der Waals surface area contributed by atoms with Crippen LogP contribution in [0.15, 0.2) is 24.3 Å². The number of hydrogen-bond acceptors (Lipinski definition) is 2. The fourth-order valence-corrected chi connectivity index (χ4v) is 2.87. The van der Waals surface area contributed by atoms with E-state index in [0.29, 0.717) is 5.54 Å². The van der Waals surface area contributed by atoms with Crippen LogP contribution in [0, 0.1) is 5.92 Å². The van der Waals surface area contributed by atoms with Crippen molar-refractivity contribution in [2.75, 3.05) is 13.7 Å². The number of nitrogens with one attached hydrogen (secondary N) is 1. The van der Waals surface area contributed by atoms with Crippen molar-refractivity contribution in [1.29, 1.82) is 0 Å². The zero-order valence-electron chi connectivity index (χ0n) is 11.1. The van der Waals surface area contributed by atoms with Gasteiger partial charge in [0.05, 0.1) is 7.11 Å². The molecule has 1 aliphatic rings. The van der Waals surface area contributed by atoms with Crippen LogP contribution in [0.5, 0.6) is 5.75 Å². The summed E-state index contributed by atoms with van der Waals surface area (Å²) in [5, 5.41) is 3.63. The molecule has 0 spiro atoms. The van der Waals surface area contributed by atoms with Gasteiger partial charge in [0.25, 0.3) is 0 Å². The normalized spacial score (nSPS) is 23.5. The van der Waals surface area contributed by atoms with E-state index < -0.39 is 0 Å². The van der Waals surface area contributed by atoms with Gasteiger partial charge in [-0.05, 0) is 43.4 Å². The SMILES string of the molecule is COc1ccccc1CC1(CC(C)C)CCN1. The molecule has 1 atom stereocenters. The van der Waals surface area contributed by atoms with E-state index in [0.717, 1.165) is 24.6 Å². The van der Waals surface area contributed by atoms with Crippen LogP contribution in [-0.4, -0.2) is 19.2 Å². The van der Waals surface area contributed by atoms with Crippen molar-refractivity contribution in [1.82, 2.24) is 5.32 Å². The largest absolute Gasteiger partial charge is 0.496 e. The first-order chi connectivity index (χ1) is 8.15. The van der Waals surface area contributed by atoms with Gasteiger partial charge < -0.3 is 10.1 Å². The van der Waals surface area contributed by atoms with Crippen molar-refractivity contribution in [3.63, 3.8) is 0 Å². The lowest BCUT2D eigenvalue weighted by molar-refractivity contribution is 0.167. The van der Waals surface area contributed by atoms with Crippen molar-refractivity contribution in [2.24, 2.45) is 5.92 Å². The molecule has 17 heavy (non-hydrogen) atoms. The maximum absolute atomic E-state index is 5.44. The van der Waals surface area contributed by atoms with E-state index in [1.165, 1.54) is 18.4 Å². The molecule has 0 saturated carbocycles. The monoisotopic (exact) mass is 233 g/mol. The molecule has 0 amide bonds. The third kappa shape index (κ3) is 2.81. The van der Waals surface area contributed by atoms with Gasteiger partial charge in [-0.2, -0.15) is 0 Å². The molecule has 0 radical (unpaired) electrons. The first-order valence-corrected chi connectivity index (χ1v) is 6.52. The fraction of sp³-hybridized carbons (Fsp3) is 0.600. The molecule has 1 aliphatic heterocycles. The number of methoxy groups -OCH3 is 1. The minimum absolute atomic E-state index is 0.308. The molecule has 1 heterocycles. The predicted octanol–water partition coefficient (Wildman–Crippen LogP) is 3.02. The summed E-state index contributed by atoms with van der Waals surface area (Å²) in [4.78, 5) is 0. The summed E-state index contributed by atoms with van der Waals surface area (Å²) in [6.07, 6.45) is 3.60. The van der Waals surface area contributed by atoms with E-state index in [9.17, 15) is 0 Å². The summed E-state index contributed by atoms with van der Waals surface area (Å²) < 4.78 is 5.44. The third-order valence-corrected chi connectivity index (χ3v) is 3.62. The highest BCUT2D eigenvalue weighted by Crippen LogP contribution is 2.33. The Hall–Kier alpha value is -1.02. The second-order valence-electron chi connectivity index (χ2n) is 5.54. The highest BCUT2D eigenvalue weighted by molar-refractivity contribution is 5.35. The number of rotatable bonds is 5. The van der Waals surface area contributed by atoms with Gasteiger partial charge >= 0.3 is 0 Å². The zero-order chi connectivity index (χ0) is 12.3. The van der Waals surface area contributed by atoms with E-state index >= 15 is 0 Å². The van der Waals surface area contributed by atoms with E-state index in [-0.39, 0.29) is 0 Å². The lowest BCUT2D eigenvalue weighted by Gasteiger charge is -2.45. The first-order valence-electron chi connectivity index (χ1n) is 6.52. The molecule has 1 unspecified atom stereocenters. The molecule has 2 nitrogen and oxygen atoms in total. The van der Waals surface area contributed by atoms with Gasteiger partial charge in [-0.25, -0.2) is 0 Å². The Labute approximate surface area is 104 Å². The standard InChI is InChI=1S/C15H23NO/c1-12(2)10-15(8-9-16-15)11-13-6-4-5-7-14(13)17-3/h4-7,12,16H,8-11H2,1-3H3. The molecular formula is C15H23NO. The molecule has 1 aromatic carbocycles. The summed E-state index contributed by atoms with van der Waals surface area (Å²) in [7, 11) is 1.75. The molecule has 1 aromatic rings. The lowest BCUT2D eigenvalue weighted by atomic mass is 9.76. The van der Waals surface area contributed by atoms with Gasteiger partial charge in [0.1, 0.15) is 5.75 Å². The predicted molar refractivity (Wildman–Crippen MR) is 71.5 cm³/mol. The van der Waals surface area contributed by atoms with Crippen molar-refractivity contribution in [3.05, 3.63) is 29.8 Å². The minimum Gasteiger partial charge on any atom is -0.496 e. The van der Waals surface area contributed by atoms with Crippen LogP contribution in [-0.2, 0) is 6.42 Å². The molecule has 2 rings (SSSR count). The van der Waals surface area contributed by atoms with Crippen molar-refractivity contribution in [3.8, 4) is 5.75 Å². The van der Waals surface area contributed by atoms with Gasteiger partial charge in [-0.15, -0.1) is 0 Å². The molecule has 0 bridgehead atoms. The van der Waals surface area contributed by atoms with E-state index in [1.54, 1.807) is 7.11 Å². The van der Waals surface area contributed by atoms with Crippen LogP contribution < -0.4 is 10.1 Å². The molecule has 0 aromatic heterocycles. The summed E-state index contributed by atoms with van der Waals surface area (Å²) in [5.74, 6) is 1.75. The van der Waals surface area contributed by atoms with Crippen LogP contribution >= 0.6 is 0 Å². The Morgan fingerprint density at radius 3 is 2.59 bits per heavy atom. The fourth-order valence-electron chi connectivity index (χ4n) is 2.87. The van der Waals surface area contributed by atoms with Crippen LogP contribution in [0.1, 0.15) is 32.3 Å². The summed E-state index contributed by atoms with van der Waals surface area (Å²) >= 11 is 0. The minimum atomic E-state index is 0.308. The number of ether oxygens (including phenoxy) is 1. The highest BCUT2D eigenvalue weighted by atomic mass is 16.5. The van der Waals surface area contributed by atoms with Crippen LogP contribution in [0.2, 0.25) is 0 Å². The second-order valence-corrected chi connectivity index (χ2v) is 5.54. The van der Waals surface area contributed by atoms with E-state index in [2.05, 4.69) is 37.4 Å². The Kier molecular flexibility index (Phi) is 3.72. The molecule has 2 heteroatoms. The molecule has 1 fully saturated rings. The Bertz CT molecular complexity index is 369. The maximum Gasteiger partial charge on any atom is 0.122 e. The van der Waals surface area contributed by atoms with Crippen LogP contribution in [0.3, 0.4) is 0 Å². The highest BCUT2D eigenvalue weighted by Gasteiger charge is 2.37. The van der Waals surface area contributed by atoms with Crippen molar-refractivity contribution in [2.45, 2.75) is 38.6 Å². The molecular weight excluding hydrogens is 210 g/mol. The average Bonchev–Trinajstić information content (AvgIpc) is 2.26. The van der Waals surface area contributed by atoms with Gasteiger partial charge in [0.2, 0.25) is 0 Å². The van der Waals surface area contributed by atoms with Crippen LogP contribution in [0.25, 0.3) is 0 Å². The average molecular weight is 233 g/mol. The Morgan fingerprint density at radius 1 is 1.35 bits per heavy atom. The van der Waals surface area contributed by atoms with Gasteiger partial charge in [0, 0.05) is 5.54 Å². The number of hydrogen-bond donors (Lipinski definition) is 1. The topological polar surface area (TPSA) is 21.3 Å². The van der Waals surface area contributed by atoms with Gasteiger partial charge in [-0.3, -0.25) is 0 Å². The maximum atomic E-state index is 5.44. The van der Waals surface area contributed by atoms with Crippen molar-refractivity contribution < 1.29 is 4.74 Å². The summed E-state index contributed by atoms with van der Waals surface area (Å²) in [5.41, 5.74) is 1.63. The van der Waals surface area contributed by atoms with Crippen LogP contribution in [0.4, 0.5) is 0 Å². The van der Waals surface area contributed by atoms with Gasteiger partial charge in [0.15, 0.2) is 0 Å². The summed E-state index contributed by atoms with van der Waals surface area (Å²) in [6, 6.07) is 8.36. The molecule has 1 saturated heterocycles. The first kappa shape index (κ1) is 12.4. The third-order valence-electron chi connectivity index (χ3n) is 3.62. The number of para-hydroxylation sites is 1. The summed E-state index contributed by atoms with van der Waals surface area (Å²) in [6.45, 7) is 5.75. The van der Waals surface area contributed by atoms with Gasteiger partial charge in [-0.1, -0.05) is 32.0 Å². The smallest absolute Gasteiger partial charge is 0.122 e. The van der Waals surface area contributed by atoms with E-state index in [1.807, 2.05) is 6.07 Å². The second kappa shape index (κ2) is 5.09.